The maximum atomic E-state index is 13.3. The number of esters is 2. The smallest absolute Gasteiger partial charge is 0.330 e. The molecule has 498 valence electrons. The summed E-state index contributed by atoms with van der Waals surface area (Å²) in [6.07, 6.45) is 11.4. The number of aliphatic hydroxyl groups is 2. The summed E-state index contributed by atoms with van der Waals surface area (Å²) in [5.74, 6) is -5.33. The number of hydrogen-bond donors (Lipinski definition) is 12. The minimum atomic E-state index is -1.00. The number of carbonyl (C=O) groups excluding carboxylic acids is 11. The van der Waals surface area contributed by atoms with Crippen LogP contribution in [0.5, 0.6) is 0 Å². The second-order valence-electron chi connectivity index (χ2n) is 20.9. The van der Waals surface area contributed by atoms with E-state index >= 15 is 0 Å². The van der Waals surface area contributed by atoms with Crippen LogP contribution < -0.4 is 49.1 Å². The number of unbranched alkanes of at least 4 members (excludes halogenated alkanes) is 5. The van der Waals surface area contributed by atoms with Gasteiger partial charge < -0.3 is 73.9 Å². The van der Waals surface area contributed by atoms with E-state index in [0.29, 0.717) is 87.8 Å². The number of aliphatic carboxylic acids is 1. The van der Waals surface area contributed by atoms with Crippen LogP contribution in [0.25, 0.3) is 0 Å². The molecule has 27 heteroatoms. The van der Waals surface area contributed by atoms with Gasteiger partial charge in [-0.1, -0.05) is 71.2 Å². The number of rotatable bonds is 40. The van der Waals surface area contributed by atoms with Crippen LogP contribution in [0.3, 0.4) is 0 Å². The first-order chi connectivity index (χ1) is 42.7. The number of allylic oxidation sites excluding steroid dienone is 1. The first-order valence-corrected chi connectivity index (χ1v) is 29.3. The summed E-state index contributed by atoms with van der Waals surface area (Å²) >= 11 is 0. The maximum Gasteiger partial charge on any atom is 0.330 e. The third kappa shape index (κ3) is 43.0. The van der Waals surface area contributed by atoms with E-state index in [1.54, 1.807) is 48.5 Å². The molecule has 0 unspecified atom stereocenters. The second-order valence-corrected chi connectivity index (χ2v) is 20.9. The van der Waals surface area contributed by atoms with E-state index in [9.17, 15) is 67.0 Å². The van der Waals surface area contributed by atoms with E-state index in [-0.39, 0.29) is 98.3 Å². The standard InChI is InChI=1S/C31H46N4O8.C19H30N4O4.C11H17NO5.CH3F/c1-21(2)29(35-27(39)11-7-5-4-6-10-25(37)16-17-28(40)43-3)26(38)19-23(9-8-18-33-31(32)42)30(41)34-24-14-12-22(20-36)13-15-24;1-12(2)17(20)16(25)10-14(4-3-9-22-19(21)27)18(26)23-15-7-5-13(11-24)6-8-15;1-17-11(16)7-6-9(13)12-8-4-2-3-5-10(14)15;1-2/h12-17,21,23,29,36H,4-11,18-20H2,1-3H3,(H,34,41)(H,35,39)(H3,32,33,42);5-8,12,14,17,24H,3-4,9-11,20H2,1-2H3,(H,23,26)(H3,21,22,27);6-7H,2-5,8H2,1H3,(H,12,13)(H,14,15);1H3/b17-16+;;7-6+;/t23-,29+;14-,17+;;/m11../s1/i;;;1D. The second kappa shape index (κ2) is 50.6. The Morgan fingerprint density at radius 3 is 1.39 bits per heavy atom. The fourth-order valence-electron chi connectivity index (χ4n) is 7.94. The summed E-state index contributed by atoms with van der Waals surface area (Å²) in [6.45, 7) is 8.20. The van der Waals surface area contributed by atoms with Crippen molar-refractivity contribution < 1.29 is 88.1 Å². The number of anilines is 2. The van der Waals surface area contributed by atoms with E-state index in [1.807, 2.05) is 27.7 Å². The van der Waals surface area contributed by atoms with Crippen LogP contribution in [0, 0.1) is 23.7 Å². The van der Waals surface area contributed by atoms with Gasteiger partial charge in [0.25, 0.3) is 0 Å². The molecule has 0 saturated carbocycles. The number of nitrogens with two attached hydrogens (primary N) is 3. The van der Waals surface area contributed by atoms with Gasteiger partial charge in [-0.25, -0.2) is 19.2 Å². The highest BCUT2D eigenvalue weighted by molar-refractivity contribution is 5.99. The number of primary amides is 2. The van der Waals surface area contributed by atoms with Gasteiger partial charge in [-0.05, 0) is 105 Å². The summed E-state index contributed by atoms with van der Waals surface area (Å²) in [5.41, 5.74) is 18.6. The molecular weight excluding hydrogens is 1160 g/mol. The molecule has 26 nitrogen and oxygen atoms in total. The number of ether oxygens (including phenoxy) is 2. The topological polar surface area (TPSA) is 434 Å². The van der Waals surface area contributed by atoms with Gasteiger partial charge in [0, 0.05) is 93.2 Å². The van der Waals surface area contributed by atoms with Crippen LogP contribution in [0.1, 0.15) is 143 Å². The Labute approximate surface area is 522 Å². The number of halogens is 1. The van der Waals surface area contributed by atoms with Gasteiger partial charge >= 0.3 is 30.0 Å². The van der Waals surface area contributed by atoms with Crippen LogP contribution in [0.2, 0.25) is 0 Å². The maximum absolute atomic E-state index is 13.3. The third-order valence-corrected chi connectivity index (χ3v) is 13.0. The van der Waals surface area contributed by atoms with Crippen LogP contribution in [-0.2, 0) is 70.6 Å². The first kappa shape index (κ1) is 80.6. The van der Waals surface area contributed by atoms with Crippen molar-refractivity contribution in [3.05, 3.63) is 84.0 Å². The van der Waals surface area contributed by atoms with E-state index < -0.39 is 61.0 Å². The lowest BCUT2D eigenvalue weighted by atomic mass is 9.89. The Balaban J connectivity index is 0. The molecular formula is C62H96FN9O17. The Hall–Kier alpha value is -8.43. The summed E-state index contributed by atoms with van der Waals surface area (Å²) in [5, 5.41) is 42.6. The van der Waals surface area contributed by atoms with Crippen molar-refractivity contribution in [1.29, 1.82) is 0 Å². The van der Waals surface area contributed by atoms with E-state index in [1.165, 1.54) is 20.3 Å². The highest BCUT2D eigenvalue weighted by atomic mass is 19.1. The van der Waals surface area contributed by atoms with E-state index in [0.717, 1.165) is 43.1 Å². The van der Waals surface area contributed by atoms with Crippen LogP contribution in [-0.4, -0.2) is 139 Å². The third-order valence-electron chi connectivity index (χ3n) is 13.0. The van der Waals surface area contributed by atoms with Crippen molar-refractivity contribution in [2.24, 2.45) is 40.9 Å². The van der Waals surface area contributed by atoms with Crippen LogP contribution in [0.4, 0.5) is 25.4 Å². The molecule has 2 rings (SSSR count). The lowest BCUT2D eigenvalue weighted by molar-refractivity contribution is -0.137. The molecule has 89 heavy (non-hydrogen) atoms. The van der Waals surface area contributed by atoms with E-state index in [2.05, 4.69) is 41.4 Å². The zero-order valence-electron chi connectivity index (χ0n) is 53.1. The zero-order chi connectivity index (χ0) is 68.4. The predicted molar refractivity (Wildman–Crippen MR) is 333 cm³/mol. The van der Waals surface area contributed by atoms with E-state index in [4.69, 9.17) is 28.8 Å². The number of urea groups is 2. The van der Waals surface area contributed by atoms with Gasteiger partial charge in [0.05, 0.1) is 48.0 Å². The number of aliphatic hydroxyl groups excluding tert-OH is 2. The largest absolute Gasteiger partial charge is 0.481 e. The Bertz CT molecular complexity index is 2570. The quantitative estimate of drug-likeness (QED) is 0.0234. The lowest BCUT2D eigenvalue weighted by Crippen LogP contribution is -2.45. The molecule has 0 saturated heterocycles. The number of ketones is 3. The average molecular weight is 1260 g/mol. The molecule has 0 heterocycles. The minimum Gasteiger partial charge on any atom is -0.481 e. The number of benzene rings is 2. The monoisotopic (exact) mass is 1260 g/mol. The number of carbonyl (C=O) groups is 12. The fourth-order valence-corrected chi connectivity index (χ4v) is 7.94. The molecule has 0 radical (unpaired) electrons. The molecule has 4 atom stereocenters. The molecule has 0 aromatic heterocycles. The number of nitrogens with one attached hydrogen (secondary N) is 6. The SMILES string of the molecule is CC(C)[C@H](N)C(=O)C[C@@H](CCCNC(N)=O)C(=O)Nc1ccc(CO)cc1.COC(=O)/C=C/C(=O)CCCCCCC(=O)N[C@H](C(=O)C[C@@H](CCCNC(N)=O)C(=O)Nc1ccc(CO)cc1)C(C)C.COC(=O)/C=C/C(=O)NCCCCCC(=O)O.[2H]CF. The molecule has 0 bridgehead atoms. The Morgan fingerprint density at radius 1 is 0.562 bits per heavy atom. The minimum absolute atomic E-state index is 0.0104. The van der Waals surface area contributed by atoms with Crippen molar-refractivity contribution in [2.45, 2.75) is 156 Å². The number of carboxylic acids is 1. The molecule has 0 aliphatic carbocycles. The molecule has 0 aliphatic heterocycles. The normalized spacial score (nSPS) is 12.1. The highest BCUT2D eigenvalue weighted by Crippen LogP contribution is 2.21. The lowest BCUT2D eigenvalue weighted by Gasteiger charge is -2.24. The van der Waals surface area contributed by atoms with Crippen LogP contribution >= 0.6 is 0 Å². The first-order valence-electron chi connectivity index (χ1n) is 30.0. The number of Topliss-reactive ketones (excluding diaryl/α,β-unsaturated/α-hetero) is 2. The Morgan fingerprint density at radius 2 is 0.978 bits per heavy atom. The van der Waals surface area contributed by atoms with Crippen molar-refractivity contribution in [2.75, 3.05) is 51.6 Å². The molecule has 15 N–H and O–H groups in total. The highest BCUT2D eigenvalue weighted by Gasteiger charge is 2.30. The predicted octanol–water partition coefficient (Wildman–Crippen LogP) is 5.11. The Kier molecular flexibility index (Phi) is 45.8. The fraction of sp³-hybridized carbons (Fsp3) is 0.548. The van der Waals surface area contributed by atoms with Gasteiger partial charge in [0.1, 0.15) is 0 Å². The number of amides is 8. The summed E-state index contributed by atoms with van der Waals surface area (Å²) in [6, 6.07) is 10.8. The zero-order valence-corrected chi connectivity index (χ0v) is 52.1. The van der Waals surface area contributed by atoms with Crippen molar-refractivity contribution in [3.63, 3.8) is 0 Å². The van der Waals surface area contributed by atoms with Gasteiger partial charge in [0.2, 0.25) is 23.6 Å². The average Bonchev–Trinajstić information content (AvgIpc) is 3.72. The molecule has 2 aromatic rings. The van der Waals surface area contributed by atoms with Crippen molar-refractivity contribution in [1.82, 2.24) is 21.3 Å². The number of hydrogen-bond acceptors (Lipinski definition) is 17. The summed E-state index contributed by atoms with van der Waals surface area (Å²) in [7, 11) is 1.46. The van der Waals surface area contributed by atoms with Crippen molar-refractivity contribution >= 4 is 82.3 Å². The van der Waals surface area contributed by atoms with Crippen molar-refractivity contribution in [3.8, 4) is 0 Å². The molecule has 2 aromatic carbocycles. The van der Waals surface area contributed by atoms with Gasteiger partial charge in [-0.3, -0.25) is 42.7 Å². The molecule has 0 aliphatic rings. The molecule has 0 fully saturated rings. The summed E-state index contributed by atoms with van der Waals surface area (Å²) in [4.78, 5) is 141. The molecule has 0 spiro atoms. The number of methoxy groups -OCH3 is 2. The molecule has 8 amide bonds. The van der Waals surface area contributed by atoms with Crippen LogP contribution in [0.15, 0.2) is 72.8 Å². The van der Waals surface area contributed by atoms with Gasteiger partial charge in [-0.2, -0.15) is 0 Å². The van der Waals surface area contributed by atoms with Gasteiger partial charge in [-0.15, -0.1) is 0 Å². The number of carboxylic acid groups (broad SMARTS) is 1. The number of alkyl halides is 1. The summed E-state index contributed by atoms with van der Waals surface area (Å²) < 4.78 is 24.3. The van der Waals surface area contributed by atoms with Gasteiger partial charge in [0.15, 0.2) is 17.3 Å².